The van der Waals surface area contributed by atoms with Crippen LogP contribution in [0.3, 0.4) is 0 Å². The van der Waals surface area contributed by atoms with E-state index in [-0.39, 0.29) is 11.9 Å². The summed E-state index contributed by atoms with van der Waals surface area (Å²) in [4.78, 5) is 21.7. The molecule has 0 bridgehead atoms. The highest BCUT2D eigenvalue weighted by atomic mass is 16.5. The number of nitrogens with zero attached hydrogens (tertiary/aromatic N) is 3. The van der Waals surface area contributed by atoms with Gasteiger partial charge in [0.25, 0.3) is 0 Å². The number of carbonyl (C=O) groups excluding carboxylic acids is 1. The van der Waals surface area contributed by atoms with Gasteiger partial charge in [-0.1, -0.05) is 36.4 Å². The minimum atomic E-state index is -0.557. The van der Waals surface area contributed by atoms with Crippen LogP contribution < -0.4 is 9.47 Å². The van der Waals surface area contributed by atoms with Crippen LogP contribution in [-0.2, 0) is 26.1 Å². The lowest BCUT2D eigenvalue weighted by Crippen LogP contribution is -2.37. The summed E-state index contributed by atoms with van der Waals surface area (Å²) in [6.45, 7) is 7.45. The lowest BCUT2D eigenvalue weighted by atomic mass is 9.98. The topological polar surface area (TPSA) is 88.3 Å². The third-order valence-electron chi connectivity index (χ3n) is 8.92. The number of rotatable bonds is 13. The number of hydrogen-bond acceptors (Lipinski definition) is 8. The molecule has 4 aromatic rings. The fourth-order valence-corrected chi connectivity index (χ4v) is 6.22. The first-order chi connectivity index (χ1) is 22.0. The number of benzene rings is 3. The zero-order chi connectivity index (χ0) is 31.0. The number of aryl methyl sites for hydroxylation is 1. The molecule has 1 atom stereocenters. The van der Waals surface area contributed by atoms with Gasteiger partial charge in [-0.15, -0.1) is 0 Å². The minimum absolute atomic E-state index is 0.0480. The SMILES string of the molecule is Cc1ncoc1COc1ccc2c(c1)CCN(C[C@@H](O)CCC(=O)c1ccc(OC3CCN(Cc4ccccc4)CC3)cc1)C2. The van der Waals surface area contributed by atoms with Gasteiger partial charge in [0.05, 0.1) is 11.8 Å². The second kappa shape index (κ2) is 14.9. The first kappa shape index (κ1) is 31.0. The highest BCUT2D eigenvalue weighted by Gasteiger charge is 2.22. The van der Waals surface area contributed by atoms with Crippen LogP contribution in [0.25, 0.3) is 0 Å². The van der Waals surface area contributed by atoms with Gasteiger partial charge in [-0.05, 0) is 85.7 Å². The Bertz CT molecular complexity index is 1530. The molecule has 0 aliphatic carbocycles. The maximum Gasteiger partial charge on any atom is 0.181 e. The molecule has 3 aromatic carbocycles. The largest absolute Gasteiger partial charge is 0.490 e. The van der Waals surface area contributed by atoms with Crippen molar-refractivity contribution >= 4 is 5.78 Å². The van der Waals surface area contributed by atoms with Gasteiger partial charge in [0.15, 0.2) is 17.9 Å². The molecule has 1 aromatic heterocycles. The molecule has 2 aliphatic rings. The number of ketones is 1. The van der Waals surface area contributed by atoms with Crippen molar-refractivity contribution < 1.29 is 23.8 Å². The maximum absolute atomic E-state index is 12.9. The van der Waals surface area contributed by atoms with E-state index in [1.54, 1.807) is 0 Å². The molecular formula is C37H43N3O5. The Kier molecular flexibility index (Phi) is 10.2. The molecule has 0 saturated carbocycles. The van der Waals surface area contributed by atoms with E-state index in [9.17, 15) is 9.90 Å². The summed E-state index contributed by atoms with van der Waals surface area (Å²) in [5.41, 5.74) is 5.36. The number of hydrogen-bond donors (Lipinski definition) is 1. The summed E-state index contributed by atoms with van der Waals surface area (Å²) < 4.78 is 17.5. The van der Waals surface area contributed by atoms with Crippen LogP contribution in [-0.4, -0.2) is 64.1 Å². The van der Waals surface area contributed by atoms with Crippen LogP contribution in [0.5, 0.6) is 11.5 Å². The molecule has 6 rings (SSSR count). The first-order valence-corrected chi connectivity index (χ1v) is 16.1. The Labute approximate surface area is 265 Å². The summed E-state index contributed by atoms with van der Waals surface area (Å²) in [6.07, 6.45) is 4.71. The molecule has 2 aliphatic heterocycles. The Morgan fingerprint density at radius 1 is 0.978 bits per heavy atom. The number of carbonyl (C=O) groups is 1. The van der Waals surface area contributed by atoms with E-state index in [4.69, 9.17) is 13.9 Å². The Morgan fingerprint density at radius 3 is 2.51 bits per heavy atom. The highest BCUT2D eigenvalue weighted by molar-refractivity contribution is 5.96. The van der Waals surface area contributed by atoms with Crippen molar-refractivity contribution in [3.8, 4) is 11.5 Å². The van der Waals surface area contributed by atoms with Crippen molar-refractivity contribution in [3.05, 3.63) is 113 Å². The van der Waals surface area contributed by atoms with Crippen LogP contribution in [0.1, 0.15) is 64.2 Å². The fraction of sp³-hybridized carbons (Fsp3) is 0.405. The van der Waals surface area contributed by atoms with E-state index >= 15 is 0 Å². The van der Waals surface area contributed by atoms with Crippen molar-refractivity contribution in [2.24, 2.45) is 0 Å². The Morgan fingerprint density at radius 2 is 1.76 bits per heavy atom. The number of fused-ring (bicyclic) bond motifs is 1. The normalized spacial score (nSPS) is 16.7. The number of ether oxygens (including phenoxy) is 2. The molecule has 45 heavy (non-hydrogen) atoms. The molecule has 8 heteroatoms. The van der Waals surface area contributed by atoms with Gasteiger partial charge in [0.1, 0.15) is 24.2 Å². The summed E-state index contributed by atoms with van der Waals surface area (Å²) in [5.74, 6) is 2.41. The number of piperidine rings is 1. The number of aliphatic hydroxyl groups excluding tert-OH is 1. The molecule has 3 heterocycles. The van der Waals surface area contributed by atoms with Gasteiger partial charge in [-0.2, -0.15) is 0 Å². The van der Waals surface area contributed by atoms with Crippen molar-refractivity contribution in [1.82, 2.24) is 14.8 Å². The van der Waals surface area contributed by atoms with Gasteiger partial charge < -0.3 is 19.0 Å². The quantitative estimate of drug-likeness (QED) is 0.185. The molecule has 0 unspecified atom stereocenters. The fourth-order valence-electron chi connectivity index (χ4n) is 6.22. The number of aliphatic hydroxyl groups is 1. The molecule has 236 valence electrons. The van der Waals surface area contributed by atoms with Gasteiger partial charge in [-0.25, -0.2) is 4.98 Å². The monoisotopic (exact) mass is 609 g/mol. The predicted octanol–water partition coefficient (Wildman–Crippen LogP) is 5.99. The third kappa shape index (κ3) is 8.60. The van der Waals surface area contributed by atoms with Crippen LogP contribution in [0.15, 0.2) is 83.6 Å². The maximum atomic E-state index is 12.9. The number of aromatic nitrogens is 1. The lowest BCUT2D eigenvalue weighted by molar-refractivity contribution is 0.0836. The smallest absolute Gasteiger partial charge is 0.181 e. The molecule has 1 saturated heterocycles. The standard InChI is InChI=1S/C37H43N3O5/c1-27-37(44-26-38-27)25-43-35-13-9-31-23-40(18-15-30(31)21-35)24-32(41)10-14-36(42)29-7-11-33(12-8-29)45-34-16-19-39(20-17-34)22-28-5-3-2-4-6-28/h2-9,11-13,21,26,32,34,41H,10,14-20,22-25H2,1H3/t32-/m0/s1. The third-order valence-corrected chi connectivity index (χ3v) is 8.92. The van der Waals surface area contributed by atoms with E-state index in [1.807, 2.05) is 37.3 Å². The van der Waals surface area contributed by atoms with Crippen LogP contribution in [0.2, 0.25) is 0 Å². The second-order valence-corrected chi connectivity index (χ2v) is 12.3. The van der Waals surface area contributed by atoms with Crippen molar-refractivity contribution in [2.45, 2.75) is 70.9 Å². The average Bonchev–Trinajstić information content (AvgIpc) is 3.48. The highest BCUT2D eigenvalue weighted by Crippen LogP contribution is 2.26. The average molecular weight is 610 g/mol. The van der Waals surface area contributed by atoms with E-state index in [1.165, 1.54) is 23.1 Å². The van der Waals surface area contributed by atoms with E-state index in [2.05, 4.69) is 57.2 Å². The number of oxazole rings is 1. The van der Waals surface area contributed by atoms with Crippen molar-refractivity contribution in [3.63, 3.8) is 0 Å². The zero-order valence-electron chi connectivity index (χ0n) is 26.1. The van der Waals surface area contributed by atoms with Crippen LogP contribution >= 0.6 is 0 Å². The van der Waals surface area contributed by atoms with Crippen molar-refractivity contribution in [1.29, 1.82) is 0 Å². The van der Waals surface area contributed by atoms with E-state index < -0.39 is 6.10 Å². The number of Topliss-reactive ketones (excluding diaryl/α,β-unsaturated/α-hetero) is 1. The first-order valence-electron chi connectivity index (χ1n) is 16.1. The molecule has 1 fully saturated rings. The van der Waals surface area contributed by atoms with Gasteiger partial charge in [0, 0.05) is 51.3 Å². The predicted molar refractivity (Wildman–Crippen MR) is 172 cm³/mol. The second-order valence-electron chi connectivity index (χ2n) is 12.3. The zero-order valence-corrected chi connectivity index (χ0v) is 26.1. The molecule has 0 radical (unpaired) electrons. The molecule has 1 N–H and O–H groups in total. The number of β-amino-alcohol motifs (C(OH)–C–C–N with tert-alkyl or cyclic N) is 1. The number of likely N-dealkylation sites (tertiary alicyclic amines) is 1. The van der Waals surface area contributed by atoms with E-state index in [0.717, 1.165) is 74.9 Å². The molecule has 0 spiro atoms. The summed E-state index contributed by atoms with van der Waals surface area (Å²) >= 11 is 0. The summed E-state index contributed by atoms with van der Waals surface area (Å²) in [6, 6.07) is 24.3. The van der Waals surface area contributed by atoms with Gasteiger partial charge in [-0.3, -0.25) is 14.6 Å². The molecule has 0 amide bonds. The van der Waals surface area contributed by atoms with Crippen LogP contribution in [0.4, 0.5) is 0 Å². The minimum Gasteiger partial charge on any atom is -0.490 e. The van der Waals surface area contributed by atoms with Crippen molar-refractivity contribution in [2.75, 3.05) is 26.2 Å². The van der Waals surface area contributed by atoms with E-state index in [0.29, 0.717) is 31.6 Å². The van der Waals surface area contributed by atoms with Gasteiger partial charge in [0.2, 0.25) is 0 Å². The molecule has 8 nitrogen and oxygen atoms in total. The summed E-state index contributed by atoms with van der Waals surface area (Å²) in [5, 5.41) is 10.7. The molecular weight excluding hydrogens is 566 g/mol. The van der Waals surface area contributed by atoms with Crippen LogP contribution in [0, 0.1) is 6.92 Å². The summed E-state index contributed by atoms with van der Waals surface area (Å²) in [7, 11) is 0. The van der Waals surface area contributed by atoms with Gasteiger partial charge >= 0.3 is 0 Å². The Hall–Kier alpha value is -3.98. The lowest BCUT2D eigenvalue weighted by Gasteiger charge is -2.32. The Balaban J connectivity index is 0.897.